The van der Waals surface area contributed by atoms with E-state index in [0.717, 1.165) is 31.4 Å². The zero-order chi connectivity index (χ0) is 10.6. The molecule has 0 saturated heterocycles. The Hall–Kier alpha value is 0.260. The van der Waals surface area contributed by atoms with Gasteiger partial charge in [0, 0.05) is 23.3 Å². The fraction of sp³-hybridized carbons (Fsp3) is 1.00. The standard InChI is InChI=1S/C9H19NO2S2/c1-14(11,12)7-6-13-9-4-2-8(10)3-5-9/h8-9H,2-7,10H2,1H3. The number of nitrogens with two attached hydrogens (primary N) is 1. The van der Waals surface area contributed by atoms with Crippen molar-refractivity contribution in [3.63, 3.8) is 0 Å². The van der Waals surface area contributed by atoms with E-state index in [1.807, 2.05) is 0 Å². The summed E-state index contributed by atoms with van der Waals surface area (Å²) in [7, 11) is -2.78. The van der Waals surface area contributed by atoms with Crippen molar-refractivity contribution in [3.05, 3.63) is 0 Å². The SMILES string of the molecule is CS(=O)(=O)CCSC1CCC(N)CC1. The second kappa shape index (κ2) is 5.37. The second-order valence-corrected chi connectivity index (χ2v) is 7.71. The number of rotatable bonds is 4. The first-order valence-electron chi connectivity index (χ1n) is 5.02. The summed E-state index contributed by atoms with van der Waals surface area (Å²) >= 11 is 1.79. The number of hydrogen-bond donors (Lipinski definition) is 1. The van der Waals surface area contributed by atoms with Crippen LogP contribution in [0.4, 0.5) is 0 Å². The molecule has 0 aromatic rings. The lowest BCUT2D eigenvalue weighted by atomic mass is 9.96. The average Bonchev–Trinajstić information content (AvgIpc) is 2.06. The predicted molar refractivity (Wildman–Crippen MR) is 62.4 cm³/mol. The molecule has 5 heteroatoms. The molecule has 0 aromatic heterocycles. The van der Waals surface area contributed by atoms with E-state index in [0.29, 0.717) is 17.0 Å². The van der Waals surface area contributed by atoms with Gasteiger partial charge in [0.25, 0.3) is 0 Å². The zero-order valence-electron chi connectivity index (χ0n) is 8.61. The number of sulfone groups is 1. The van der Waals surface area contributed by atoms with Crippen LogP contribution in [0.15, 0.2) is 0 Å². The van der Waals surface area contributed by atoms with Crippen molar-refractivity contribution in [1.82, 2.24) is 0 Å². The minimum Gasteiger partial charge on any atom is -0.328 e. The van der Waals surface area contributed by atoms with Gasteiger partial charge in [0.05, 0.1) is 5.75 Å². The molecule has 0 spiro atoms. The minimum atomic E-state index is -2.78. The van der Waals surface area contributed by atoms with E-state index in [-0.39, 0.29) is 0 Å². The highest BCUT2D eigenvalue weighted by Gasteiger charge is 2.18. The Kier molecular flexibility index (Phi) is 4.73. The van der Waals surface area contributed by atoms with Crippen LogP contribution >= 0.6 is 11.8 Å². The van der Waals surface area contributed by atoms with Crippen LogP contribution in [0, 0.1) is 0 Å². The Morgan fingerprint density at radius 3 is 2.36 bits per heavy atom. The third kappa shape index (κ3) is 5.22. The van der Waals surface area contributed by atoms with Crippen LogP contribution in [-0.4, -0.2) is 37.5 Å². The summed E-state index contributed by atoms with van der Waals surface area (Å²) in [5.74, 6) is 1.04. The van der Waals surface area contributed by atoms with E-state index in [9.17, 15) is 8.42 Å². The molecule has 0 heterocycles. The number of thioether (sulfide) groups is 1. The molecule has 0 radical (unpaired) electrons. The second-order valence-electron chi connectivity index (χ2n) is 4.04. The molecule has 0 aliphatic heterocycles. The average molecular weight is 237 g/mol. The van der Waals surface area contributed by atoms with Gasteiger partial charge in [0.15, 0.2) is 0 Å². The van der Waals surface area contributed by atoms with Gasteiger partial charge in [-0.05, 0) is 25.7 Å². The summed E-state index contributed by atoms with van der Waals surface area (Å²) in [5, 5.41) is 0.636. The van der Waals surface area contributed by atoms with E-state index in [1.165, 1.54) is 6.26 Å². The van der Waals surface area contributed by atoms with E-state index in [4.69, 9.17) is 5.73 Å². The lowest BCUT2D eigenvalue weighted by molar-refractivity contribution is 0.451. The van der Waals surface area contributed by atoms with Gasteiger partial charge in [-0.15, -0.1) is 0 Å². The first-order chi connectivity index (χ1) is 6.47. The molecule has 1 fully saturated rings. The smallest absolute Gasteiger partial charge is 0.148 e. The fourth-order valence-electron chi connectivity index (χ4n) is 1.62. The molecule has 0 amide bonds. The zero-order valence-corrected chi connectivity index (χ0v) is 10.2. The Morgan fingerprint density at radius 1 is 1.29 bits per heavy atom. The molecule has 3 nitrogen and oxygen atoms in total. The molecule has 0 unspecified atom stereocenters. The molecule has 1 rings (SSSR count). The van der Waals surface area contributed by atoms with Crippen LogP contribution in [0.3, 0.4) is 0 Å². The Morgan fingerprint density at radius 2 is 1.86 bits per heavy atom. The van der Waals surface area contributed by atoms with Gasteiger partial charge in [0.1, 0.15) is 9.84 Å². The highest BCUT2D eigenvalue weighted by atomic mass is 32.2. The van der Waals surface area contributed by atoms with Gasteiger partial charge in [-0.25, -0.2) is 8.42 Å². The Labute approximate surface area is 90.7 Å². The van der Waals surface area contributed by atoms with Crippen molar-refractivity contribution in [2.75, 3.05) is 17.8 Å². The Bertz CT molecular complexity index is 256. The van der Waals surface area contributed by atoms with Crippen LogP contribution in [0.2, 0.25) is 0 Å². The molecule has 14 heavy (non-hydrogen) atoms. The maximum absolute atomic E-state index is 10.9. The van der Waals surface area contributed by atoms with E-state index >= 15 is 0 Å². The summed E-state index contributed by atoms with van der Waals surface area (Å²) in [5.41, 5.74) is 5.79. The molecule has 2 N–H and O–H groups in total. The van der Waals surface area contributed by atoms with Crippen LogP contribution in [0.25, 0.3) is 0 Å². The summed E-state index contributed by atoms with van der Waals surface area (Å²) in [4.78, 5) is 0. The van der Waals surface area contributed by atoms with Crippen molar-refractivity contribution >= 4 is 21.6 Å². The third-order valence-electron chi connectivity index (χ3n) is 2.53. The first kappa shape index (κ1) is 12.3. The summed E-state index contributed by atoms with van der Waals surface area (Å²) in [6, 6.07) is 0.377. The lowest BCUT2D eigenvalue weighted by Gasteiger charge is -2.25. The van der Waals surface area contributed by atoms with Crippen LogP contribution in [-0.2, 0) is 9.84 Å². The van der Waals surface area contributed by atoms with Gasteiger partial charge in [-0.2, -0.15) is 11.8 Å². The fourth-order valence-corrected chi connectivity index (χ4v) is 4.16. The molecular weight excluding hydrogens is 218 g/mol. The number of hydrogen-bond acceptors (Lipinski definition) is 4. The minimum absolute atomic E-state index is 0.306. The third-order valence-corrected chi connectivity index (χ3v) is 5.11. The highest BCUT2D eigenvalue weighted by Crippen LogP contribution is 2.27. The molecule has 0 atom stereocenters. The van der Waals surface area contributed by atoms with Gasteiger partial charge in [0.2, 0.25) is 0 Å². The lowest BCUT2D eigenvalue weighted by Crippen LogP contribution is -2.27. The molecule has 1 aliphatic carbocycles. The topological polar surface area (TPSA) is 60.2 Å². The molecular formula is C9H19NO2S2. The highest BCUT2D eigenvalue weighted by molar-refractivity contribution is 8.01. The van der Waals surface area contributed by atoms with Crippen LogP contribution in [0.1, 0.15) is 25.7 Å². The van der Waals surface area contributed by atoms with Gasteiger partial charge < -0.3 is 5.73 Å². The monoisotopic (exact) mass is 237 g/mol. The predicted octanol–water partition coefficient (Wildman–Crippen LogP) is 1.03. The van der Waals surface area contributed by atoms with Crippen LogP contribution in [0.5, 0.6) is 0 Å². The van der Waals surface area contributed by atoms with E-state index < -0.39 is 9.84 Å². The molecule has 0 aromatic carbocycles. The van der Waals surface area contributed by atoms with Crippen LogP contribution < -0.4 is 5.73 Å². The Balaban J connectivity index is 2.14. The van der Waals surface area contributed by atoms with Gasteiger partial charge in [-0.3, -0.25) is 0 Å². The maximum atomic E-state index is 10.9. The van der Waals surface area contributed by atoms with Crippen molar-refractivity contribution in [1.29, 1.82) is 0 Å². The summed E-state index contributed by atoms with van der Waals surface area (Å²) in [6.45, 7) is 0. The van der Waals surface area contributed by atoms with Crippen molar-refractivity contribution in [3.8, 4) is 0 Å². The quantitative estimate of drug-likeness (QED) is 0.793. The largest absolute Gasteiger partial charge is 0.328 e. The van der Waals surface area contributed by atoms with E-state index in [1.54, 1.807) is 11.8 Å². The molecule has 84 valence electrons. The summed E-state index contributed by atoms with van der Waals surface area (Å²) < 4.78 is 21.8. The molecule has 1 saturated carbocycles. The van der Waals surface area contributed by atoms with Crippen molar-refractivity contribution < 1.29 is 8.42 Å². The van der Waals surface area contributed by atoms with Crippen molar-refractivity contribution in [2.45, 2.75) is 37.0 Å². The van der Waals surface area contributed by atoms with Crippen molar-refractivity contribution in [2.24, 2.45) is 5.73 Å². The van der Waals surface area contributed by atoms with Gasteiger partial charge in [-0.1, -0.05) is 0 Å². The normalized spacial score (nSPS) is 29.0. The summed E-state index contributed by atoms with van der Waals surface area (Å²) in [6.07, 6.45) is 5.78. The molecule has 1 aliphatic rings. The maximum Gasteiger partial charge on any atom is 0.148 e. The molecule has 0 bridgehead atoms. The van der Waals surface area contributed by atoms with E-state index in [2.05, 4.69) is 0 Å². The van der Waals surface area contributed by atoms with Gasteiger partial charge >= 0.3 is 0 Å². The first-order valence-corrected chi connectivity index (χ1v) is 8.13.